The van der Waals surface area contributed by atoms with Crippen molar-refractivity contribution in [2.75, 3.05) is 26.7 Å². The molecule has 0 radical (unpaired) electrons. The summed E-state index contributed by atoms with van der Waals surface area (Å²) >= 11 is 0. The summed E-state index contributed by atoms with van der Waals surface area (Å²) in [6, 6.07) is 13.6. The van der Waals surface area contributed by atoms with Crippen molar-refractivity contribution in [2.24, 2.45) is 0 Å². The van der Waals surface area contributed by atoms with Gasteiger partial charge in [-0.05, 0) is 18.2 Å². The van der Waals surface area contributed by atoms with Crippen molar-refractivity contribution in [2.45, 2.75) is 6.04 Å². The summed E-state index contributed by atoms with van der Waals surface area (Å²) in [6.45, 7) is 2.01. The molecule has 2 aromatic carbocycles. The number of H-pyrrole nitrogens is 1. The van der Waals surface area contributed by atoms with Gasteiger partial charge in [0.2, 0.25) is 0 Å². The summed E-state index contributed by atoms with van der Waals surface area (Å²) in [6.07, 6.45) is 1.62. The number of rotatable bonds is 3. The normalized spacial score (nSPS) is 17.6. The first-order valence-electron chi connectivity index (χ1n) is 8.35. The van der Waals surface area contributed by atoms with E-state index < -0.39 is 0 Å². The molecule has 1 aliphatic heterocycles. The highest BCUT2D eigenvalue weighted by Crippen LogP contribution is 2.27. The first-order valence-corrected chi connectivity index (χ1v) is 8.35. The van der Waals surface area contributed by atoms with Gasteiger partial charge >= 0.3 is 0 Å². The first kappa shape index (κ1) is 15.7. The van der Waals surface area contributed by atoms with Crippen molar-refractivity contribution < 1.29 is 9.53 Å². The zero-order valence-electron chi connectivity index (χ0n) is 14.0. The van der Waals surface area contributed by atoms with E-state index in [0.29, 0.717) is 18.7 Å². The van der Waals surface area contributed by atoms with E-state index in [9.17, 15) is 4.79 Å². The van der Waals surface area contributed by atoms with Crippen molar-refractivity contribution >= 4 is 16.9 Å². The third-order valence-corrected chi connectivity index (χ3v) is 4.66. The fourth-order valence-electron chi connectivity index (χ4n) is 3.41. The highest BCUT2D eigenvalue weighted by molar-refractivity contribution is 6.04. The van der Waals surface area contributed by atoms with Gasteiger partial charge in [0.15, 0.2) is 0 Å². The van der Waals surface area contributed by atoms with Crippen LogP contribution in [0.15, 0.2) is 48.8 Å². The Morgan fingerprint density at radius 2 is 2.12 bits per heavy atom. The average Bonchev–Trinajstić information content (AvgIpc) is 3.16. The Hall–Kier alpha value is -2.86. The molecule has 25 heavy (non-hydrogen) atoms. The lowest BCUT2D eigenvalue weighted by Gasteiger charge is -2.34. The lowest BCUT2D eigenvalue weighted by Crippen LogP contribution is -2.48. The molecular weight excluding hydrogens is 316 g/mol. The molecule has 1 saturated heterocycles. The molecule has 3 aromatic rings. The molecule has 128 valence electrons. The van der Waals surface area contributed by atoms with Crippen LogP contribution >= 0.6 is 0 Å². The second-order valence-corrected chi connectivity index (χ2v) is 6.10. The highest BCUT2D eigenvalue weighted by Gasteiger charge is 2.27. The minimum Gasteiger partial charge on any atom is -0.496 e. The molecule has 1 amide bonds. The summed E-state index contributed by atoms with van der Waals surface area (Å²) in [5, 5.41) is 3.48. The molecule has 0 aliphatic carbocycles. The van der Waals surface area contributed by atoms with Crippen molar-refractivity contribution in [1.82, 2.24) is 20.2 Å². The van der Waals surface area contributed by atoms with Crippen LogP contribution in [0.1, 0.15) is 22.0 Å². The molecule has 4 rings (SSSR count). The molecule has 1 fully saturated rings. The third kappa shape index (κ3) is 2.85. The molecule has 1 aromatic heterocycles. The second-order valence-electron chi connectivity index (χ2n) is 6.10. The Bertz CT molecular complexity index is 905. The first-order chi connectivity index (χ1) is 12.3. The highest BCUT2D eigenvalue weighted by atomic mass is 16.5. The monoisotopic (exact) mass is 336 g/mol. The number of fused-ring (bicyclic) bond motifs is 1. The minimum atomic E-state index is 0.0131. The van der Waals surface area contributed by atoms with Crippen LogP contribution in [0.25, 0.3) is 11.0 Å². The molecule has 6 heteroatoms. The van der Waals surface area contributed by atoms with Gasteiger partial charge in [0.25, 0.3) is 5.91 Å². The number of carbonyl (C=O) groups excluding carboxylic acids is 1. The number of aromatic amines is 1. The van der Waals surface area contributed by atoms with Crippen LogP contribution in [0.4, 0.5) is 0 Å². The SMILES string of the molecule is COc1ccccc1C1CN(C(=O)c2cccc3[nH]cnc23)CCN1. The molecule has 0 spiro atoms. The number of hydrogen-bond donors (Lipinski definition) is 2. The van der Waals surface area contributed by atoms with E-state index in [1.165, 1.54) is 0 Å². The maximum Gasteiger partial charge on any atom is 0.256 e. The van der Waals surface area contributed by atoms with E-state index >= 15 is 0 Å². The minimum absolute atomic E-state index is 0.0131. The van der Waals surface area contributed by atoms with Gasteiger partial charge in [-0.3, -0.25) is 4.79 Å². The molecule has 1 aliphatic rings. The fraction of sp³-hybridized carbons (Fsp3) is 0.263. The topological polar surface area (TPSA) is 70.2 Å². The predicted octanol–water partition coefficient (Wildman–Crippen LogP) is 2.36. The van der Waals surface area contributed by atoms with Gasteiger partial charge < -0.3 is 19.9 Å². The van der Waals surface area contributed by atoms with E-state index in [-0.39, 0.29) is 11.9 Å². The van der Waals surface area contributed by atoms with Crippen LogP contribution in [0.2, 0.25) is 0 Å². The van der Waals surface area contributed by atoms with Crippen molar-refractivity contribution in [1.29, 1.82) is 0 Å². The number of piperazine rings is 1. The zero-order chi connectivity index (χ0) is 17.2. The van der Waals surface area contributed by atoms with Gasteiger partial charge in [0, 0.05) is 25.2 Å². The number of imidazole rings is 1. The van der Waals surface area contributed by atoms with Crippen LogP contribution in [0, 0.1) is 0 Å². The van der Waals surface area contributed by atoms with E-state index in [4.69, 9.17) is 4.74 Å². The van der Waals surface area contributed by atoms with Gasteiger partial charge in [0.05, 0.1) is 30.6 Å². The zero-order valence-corrected chi connectivity index (χ0v) is 14.0. The fourth-order valence-corrected chi connectivity index (χ4v) is 3.41. The lowest BCUT2D eigenvalue weighted by molar-refractivity contribution is 0.0703. The summed E-state index contributed by atoms with van der Waals surface area (Å²) in [4.78, 5) is 22.3. The molecule has 0 bridgehead atoms. The number of aromatic nitrogens is 2. The molecule has 2 N–H and O–H groups in total. The van der Waals surface area contributed by atoms with E-state index in [1.54, 1.807) is 13.4 Å². The van der Waals surface area contributed by atoms with Crippen LogP contribution in [-0.2, 0) is 0 Å². The van der Waals surface area contributed by atoms with Gasteiger partial charge in [-0.1, -0.05) is 24.3 Å². The Kier molecular flexibility index (Phi) is 4.11. The molecule has 1 atom stereocenters. The number of nitrogens with one attached hydrogen (secondary N) is 2. The molecular formula is C19H20N4O2. The van der Waals surface area contributed by atoms with Crippen molar-refractivity contribution in [3.05, 3.63) is 59.9 Å². The largest absolute Gasteiger partial charge is 0.496 e. The second kappa shape index (κ2) is 6.57. The number of nitrogens with zero attached hydrogens (tertiary/aromatic N) is 2. The predicted molar refractivity (Wildman–Crippen MR) is 95.7 cm³/mol. The quantitative estimate of drug-likeness (QED) is 0.770. The number of hydrogen-bond acceptors (Lipinski definition) is 4. The summed E-state index contributed by atoms with van der Waals surface area (Å²) < 4.78 is 5.47. The molecule has 6 nitrogen and oxygen atoms in total. The van der Waals surface area contributed by atoms with E-state index in [0.717, 1.165) is 28.9 Å². The average molecular weight is 336 g/mol. The standard InChI is InChI=1S/C19H20N4O2/c1-25-17-8-3-2-5-13(17)16-11-23(10-9-20-16)19(24)14-6-4-7-15-18(14)22-12-21-15/h2-8,12,16,20H,9-11H2,1H3,(H,21,22). The van der Waals surface area contributed by atoms with Crippen molar-refractivity contribution in [3.63, 3.8) is 0 Å². The van der Waals surface area contributed by atoms with E-state index in [2.05, 4.69) is 15.3 Å². The molecule has 0 saturated carbocycles. The van der Waals surface area contributed by atoms with Gasteiger partial charge in [-0.2, -0.15) is 0 Å². The van der Waals surface area contributed by atoms with E-state index in [1.807, 2.05) is 47.4 Å². The van der Waals surface area contributed by atoms with Crippen LogP contribution < -0.4 is 10.1 Å². The third-order valence-electron chi connectivity index (χ3n) is 4.66. The smallest absolute Gasteiger partial charge is 0.256 e. The maximum absolute atomic E-state index is 13.1. The Morgan fingerprint density at radius 3 is 3.00 bits per heavy atom. The number of carbonyl (C=O) groups is 1. The van der Waals surface area contributed by atoms with Gasteiger partial charge in [-0.25, -0.2) is 4.98 Å². The van der Waals surface area contributed by atoms with Crippen LogP contribution in [0.3, 0.4) is 0 Å². The summed E-state index contributed by atoms with van der Waals surface area (Å²) in [5.74, 6) is 0.850. The molecule has 2 heterocycles. The summed E-state index contributed by atoms with van der Waals surface area (Å²) in [7, 11) is 1.67. The Morgan fingerprint density at radius 1 is 1.24 bits per heavy atom. The van der Waals surface area contributed by atoms with Crippen LogP contribution in [-0.4, -0.2) is 47.5 Å². The maximum atomic E-state index is 13.1. The number of para-hydroxylation sites is 2. The Balaban J connectivity index is 1.61. The number of methoxy groups -OCH3 is 1. The van der Waals surface area contributed by atoms with Crippen molar-refractivity contribution in [3.8, 4) is 5.75 Å². The van der Waals surface area contributed by atoms with Gasteiger partial charge in [-0.15, -0.1) is 0 Å². The Labute approximate surface area is 145 Å². The van der Waals surface area contributed by atoms with Crippen LogP contribution in [0.5, 0.6) is 5.75 Å². The molecule has 1 unspecified atom stereocenters. The lowest BCUT2D eigenvalue weighted by atomic mass is 10.0. The number of benzene rings is 2. The van der Waals surface area contributed by atoms with Gasteiger partial charge in [0.1, 0.15) is 11.3 Å². The summed E-state index contributed by atoms with van der Waals surface area (Å²) in [5.41, 5.74) is 3.31. The number of ether oxygens (including phenoxy) is 1. The number of amides is 1.